The molecule has 2 aromatic carbocycles. The van der Waals surface area contributed by atoms with E-state index >= 15 is 0 Å². The van der Waals surface area contributed by atoms with Crippen LogP contribution < -0.4 is 10.4 Å². The molecule has 1 N–H and O–H groups in total. The van der Waals surface area contributed by atoms with Crippen molar-refractivity contribution in [2.24, 2.45) is 5.92 Å². The van der Waals surface area contributed by atoms with Gasteiger partial charge in [0.05, 0.1) is 6.10 Å². The molecule has 2 atom stereocenters. The summed E-state index contributed by atoms with van der Waals surface area (Å²) in [5.74, 6) is 2.42. The second kappa shape index (κ2) is 8.55. The van der Waals surface area contributed by atoms with Crippen LogP contribution in [0.15, 0.2) is 60.7 Å². The van der Waals surface area contributed by atoms with E-state index in [-0.39, 0.29) is 5.92 Å². The summed E-state index contributed by atoms with van der Waals surface area (Å²) >= 11 is 0. The fourth-order valence-electron chi connectivity index (χ4n) is 2.16. The molecule has 0 bridgehead atoms. The maximum atomic E-state index is 9.96. The molecule has 0 aliphatic heterocycles. The van der Waals surface area contributed by atoms with Gasteiger partial charge in [0.1, 0.15) is 0 Å². The molecule has 22 heavy (non-hydrogen) atoms. The standard InChI is InChI=1S/C19H21O2Si/c1-3-16(2)19(20)14-15-21-22(17-10-6-4-7-11-17)18-12-8-5-9-13-18/h1,4-13,16,19-20H,14-15H2,2H3/t16-,19+/m1/s1. The molecular formula is C19H21O2Si. The Kier molecular flexibility index (Phi) is 6.41. The van der Waals surface area contributed by atoms with E-state index in [4.69, 9.17) is 10.8 Å². The topological polar surface area (TPSA) is 29.5 Å². The number of rotatable bonds is 7. The minimum atomic E-state index is -1.29. The number of hydrogen-bond donors (Lipinski definition) is 1. The second-order valence-electron chi connectivity index (χ2n) is 5.22. The first-order valence-corrected chi connectivity index (χ1v) is 8.88. The second-order valence-corrected chi connectivity index (χ2v) is 7.32. The number of aliphatic hydroxyl groups excluding tert-OH is 1. The van der Waals surface area contributed by atoms with Crippen LogP contribution in [-0.4, -0.2) is 26.9 Å². The maximum Gasteiger partial charge on any atom is 0.282 e. The number of aliphatic hydroxyl groups is 1. The van der Waals surface area contributed by atoms with Gasteiger partial charge in [-0.05, 0) is 23.7 Å². The van der Waals surface area contributed by atoms with Crippen molar-refractivity contribution >= 4 is 19.4 Å². The van der Waals surface area contributed by atoms with E-state index in [2.05, 4.69) is 30.2 Å². The van der Waals surface area contributed by atoms with E-state index in [0.717, 1.165) is 0 Å². The Balaban J connectivity index is 2.05. The third-order valence-electron chi connectivity index (χ3n) is 3.57. The van der Waals surface area contributed by atoms with Crippen LogP contribution in [0.3, 0.4) is 0 Å². The van der Waals surface area contributed by atoms with Crippen LogP contribution in [-0.2, 0) is 4.43 Å². The van der Waals surface area contributed by atoms with E-state index in [0.29, 0.717) is 13.0 Å². The summed E-state index contributed by atoms with van der Waals surface area (Å²) < 4.78 is 6.15. The molecule has 0 saturated heterocycles. The largest absolute Gasteiger partial charge is 0.407 e. The third-order valence-corrected chi connectivity index (χ3v) is 5.78. The zero-order chi connectivity index (χ0) is 15.8. The summed E-state index contributed by atoms with van der Waals surface area (Å²) in [5, 5.41) is 12.4. The molecule has 0 fully saturated rings. The van der Waals surface area contributed by atoms with E-state index in [1.807, 2.05) is 43.3 Å². The van der Waals surface area contributed by atoms with Gasteiger partial charge in [-0.15, -0.1) is 12.3 Å². The molecule has 2 rings (SSSR count). The van der Waals surface area contributed by atoms with Crippen molar-refractivity contribution in [3.63, 3.8) is 0 Å². The van der Waals surface area contributed by atoms with Crippen LogP contribution >= 0.6 is 0 Å². The first-order valence-electron chi connectivity index (χ1n) is 7.47. The van der Waals surface area contributed by atoms with Gasteiger partial charge in [0.25, 0.3) is 9.04 Å². The van der Waals surface area contributed by atoms with E-state index in [1.165, 1.54) is 10.4 Å². The van der Waals surface area contributed by atoms with Crippen molar-refractivity contribution in [2.45, 2.75) is 19.4 Å². The number of terminal acetylenes is 1. The average Bonchev–Trinajstić information content (AvgIpc) is 2.59. The van der Waals surface area contributed by atoms with Gasteiger partial charge < -0.3 is 9.53 Å². The molecule has 0 saturated carbocycles. The summed E-state index contributed by atoms with van der Waals surface area (Å²) in [6, 6.07) is 20.5. The molecule has 1 radical (unpaired) electrons. The third kappa shape index (κ3) is 4.57. The molecule has 0 amide bonds. The van der Waals surface area contributed by atoms with Crippen molar-refractivity contribution in [3.8, 4) is 12.3 Å². The number of benzene rings is 2. The first-order chi connectivity index (χ1) is 10.7. The highest BCUT2D eigenvalue weighted by atomic mass is 28.3. The van der Waals surface area contributed by atoms with Gasteiger partial charge in [-0.1, -0.05) is 60.7 Å². The zero-order valence-electron chi connectivity index (χ0n) is 12.8. The lowest BCUT2D eigenvalue weighted by molar-refractivity contribution is 0.112. The van der Waals surface area contributed by atoms with Crippen LogP contribution in [0.2, 0.25) is 0 Å². The summed E-state index contributed by atoms with van der Waals surface area (Å²) in [4.78, 5) is 0. The maximum absolute atomic E-state index is 9.96. The lowest BCUT2D eigenvalue weighted by Crippen LogP contribution is -2.45. The van der Waals surface area contributed by atoms with E-state index < -0.39 is 15.1 Å². The normalized spacial score (nSPS) is 13.5. The lowest BCUT2D eigenvalue weighted by Gasteiger charge is -2.18. The Morgan fingerprint density at radius 2 is 1.55 bits per heavy atom. The molecule has 113 valence electrons. The van der Waals surface area contributed by atoms with E-state index in [9.17, 15) is 5.11 Å². The Labute approximate surface area is 134 Å². The van der Waals surface area contributed by atoms with Crippen LogP contribution in [0.5, 0.6) is 0 Å². The molecule has 2 aromatic rings. The van der Waals surface area contributed by atoms with Crippen molar-refractivity contribution in [1.82, 2.24) is 0 Å². The van der Waals surface area contributed by atoms with Crippen molar-refractivity contribution in [2.75, 3.05) is 6.61 Å². The van der Waals surface area contributed by atoms with E-state index in [1.54, 1.807) is 0 Å². The molecule has 3 heteroatoms. The Morgan fingerprint density at radius 3 is 2.00 bits per heavy atom. The van der Waals surface area contributed by atoms with Crippen LogP contribution in [0.1, 0.15) is 13.3 Å². The Morgan fingerprint density at radius 1 is 1.05 bits per heavy atom. The fourth-order valence-corrected chi connectivity index (χ4v) is 4.13. The van der Waals surface area contributed by atoms with Gasteiger partial charge in [0.15, 0.2) is 0 Å². The van der Waals surface area contributed by atoms with Gasteiger partial charge in [0.2, 0.25) is 0 Å². The van der Waals surface area contributed by atoms with Gasteiger partial charge in [0, 0.05) is 12.5 Å². The van der Waals surface area contributed by atoms with Crippen LogP contribution in [0.25, 0.3) is 0 Å². The lowest BCUT2D eigenvalue weighted by atomic mass is 10.0. The van der Waals surface area contributed by atoms with Crippen molar-refractivity contribution < 1.29 is 9.53 Å². The Bertz CT molecular complexity index is 552. The molecule has 0 heterocycles. The van der Waals surface area contributed by atoms with Gasteiger partial charge in [-0.3, -0.25) is 0 Å². The first kappa shape index (κ1) is 16.5. The van der Waals surface area contributed by atoms with Crippen molar-refractivity contribution in [3.05, 3.63) is 60.7 Å². The minimum absolute atomic E-state index is 0.146. The van der Waals surface area contributed by atoms with Crippen molar-refractivity contribution in [1.29, 1.82) is 0 Å². The molecular weight excluding hydrogens is 288 g/mol. The SMILES string of the molecule is C#C[C@@H](C)[C@@H](O)CCO[Si](c1ccccc1)c1ccccc1. The highest BCUT2D eigenvalue weighted by Crippen LogP contribution is 2.06. The van der Waals surface area contributed by atoms with Crippen LogP contribution in [0.4, 0.5) is 0 Å². The molecule has 0 spiro atoms. The number of hydrogen-bond acceptors (Lipinski definition) is 2. The summed E-state index contributed by atoms with van der Waals surface area (Å²) in [7, 11) is -1.29. The Hall–Kier alpha value is -1.86. The highest BCUT2D eigenvalue weighted by Gasteiger charge is 2.20. The molecule has 0 unspecified atom stereocenters. The average molecular weight is 309 g/mol. The molecule has 0 aromatic heterocycles. The molecule has 0 aliphatic rings. The minimum Gasteiger partial charge on any atom is -0.407 e. The fraction of sp³-hybridized carbons (Fsp3) is 0.263. The zero-order valence-corrected chi connectivity index (χ0v) is 13.8. The molecule has 2 nitrogen and oxygen atoms in total. The van der Waals surface area contributed by atoms with Crippen LogP contribution in [0, 0.1) is 18.3 Å². The monoisotopic (exact) mass is 309 g/mol. The van der Waals surface area contributed by atoms with Gasteiger partial charge in [-0.25, -0.2) is 0 Å². The smallest absolute Gasteiger partial charge is 0.282 e. The summed E-state index contributed by atoms with van der Waals surface area (Å²) in [6.45, 7) is 2.36. The molecule has 0 aliphatic carbocycles. The van der Waals surface area contributed by atoms with Gasteiger partial charge >= 0.3 is 0 Å². The summed E-state index contributed by atoms with van der Waals surface area (Å²) in [6.07, 6.45) is 5.38. The highest BCUT2D eigenvalue weighted by molar-refractivity contribution is 6.80. The quantitative estimate of drug-likeness (QED) is 0.624. The summed E-state index contributed by atoms with van der Waals surface area (Å²) in [5.41, 5.74) is 0. The predicted octanol–water partition coefficient (Wildman–Crippen LogP) is 1.83. The van der Waals surface area contributed by atoms with Gasteiger partial charge in [-0.2, -0.15) is 0 Å². The predicted molar refractivity (Wildman–Crippen MR) is 92.5 cm³/mol.